The highest BCUT2D eigenvalue weighted by atomic mass is 19.4. The van der Waals surface area contributed by atoms with E-state index in [-0.39, 0.29) is 11.3 Å². The van der Waals surface area contributed by atoms with E-state index < -0.39 is 23.5 Å². The molecule has 2 aromatic carbocycles. The van der Waals surface area contributed by atoms with Gasteiger partial charge < -0.3 is 5.32 Å². The van der Waals surface area contributed by atoms with Crippen LogP contribution in [0.3, 0.4) is 0 Å². The van der Waals surface area contributed by atoms with Crippen molar-refractivity contribution >= 4 is 28.3 Å². The molecule has 4 aromatic rings. The largest absolute Gasteiger partial charge is 0.416 e. The van der Waals surface area contributed by atoms with Crippen LogP contribution in [0.1, 0.15) is 5.56 Å². The number of rotatable bonds is 3. The molecule has 0 atom stereocenters. The summed E-state index contributed by atoms with van der Waals surface area (Å²) in [7, 11) is 0. The van der Waals surface area contributed by atoms with Crippen molar-refractivity contribution in [3.05, 3.63) is 72.8 Å². The highest BCUT2D eigenvalue weighted by Gasteiger charge is 2.31. The number of anilines is 1. The molecule has 9 heteroatoms. The van der Waals surface area contributed by atoms with E-state index in [1.54, 1.807) is 28.8 Å². The van der Waals surface area contributed by atoms with Gasteiger partial charge in [0.15, 0.2) is 5.65 Å². The Kier molecular flexibility index (Phi) is 4.30. The Hall–Kier alpha value is -3.75. The molecule has 29 heavy (non-hydrogen) atoms. The molecular weight excluding hydrogens is 388 g/mol. The zero-order valence-corrected chi connectivity index (χ0v) is 14.7. The Bertz CT molecular complexity index is 1280. The maximum atomic E-state index is 14.6. The van der Waals surface area contributed by atoms with Gasteiger partial charge in [-0.1, -0.05) is 6.58 Å². The molecule has 1 amide bonds. The first kappa shape index (κ1) is 18.6. The van der Waals surface area contributed by atoms with E-state index in [1.807, 2.05) is 0 Å². The van der Waals surface area contributed by atoms with E-state index in [2.05, 4.69) is 21.9 Å². The summed E-state index contributed by atoms with van der Waals surface area (Å²) in [5, 5.41) is 2.60. The quantitative estimate of drug-likeness (QED) is 0.396. The fraction of sp³-hybridized carbons (Fsp3) is 0.0500. The summed E-state index contributed by atoms with van der Waals surface area (Å²) in [6, 6.07) is 7.18. The van der Waals surface area contributed by atoms with Crippen molar-refractivity contribution in [1.29, 1.82) is 0 Å². The van der Waals surface area contributed by atoms with E-state index in [0.717, 1.165) is 18.2 Å². The van der Waals surface area contributed by atoms with E-state index in [1.165, 1.54) is 6.20 Å². The maximum absolute atomic E-state index is 14.6. The number of aromatic nitrogens is 3. The number of hydrogen-bond acceptors (Lipinski definition) is 3. The fourth-order valence-electron chi connectivity index (χ4n) is 3.00. The molecule has 4 rings (SSSR count). The van der Waals surface area contributed by atoms with E-state index in [4.69, 9.17) is 0 Å². The molecule has 0 saturated carbocycles. The number of halogens is 4. The maximum Gasteiger partial charge on any atom is 0.416 e. The zero-order chi connectivity index (χ0) is 20.8. The monoisotopic (exact) mass is 400 g/mol. The van der Waals surface area contributed by atoms with Crippen molar-refractivity contribution in [2.24, 2.45) is 0 Å². The molecule has 0 saturated heterocycles. The lowest BCUT2D eigenvalue weighted by Crippen LogP contribution is -2.07. The Morgan fingerprint density at radius 2 is 1.97 bits per heavy atom. The van der Waals surface area contributed by atoms with Gasteiger partial charge in [-0.15, -0.1) is 0 Å². The minimum Gasteiger partial charge on any atom is -0.322 e. The number of alkyl halides is 3. The minimum absolute atomic E-state index is 0.0842. The third-order valence-corrected chi connectivity index (χ3v) is 4.32. The summed E-state index contributed by atoms with van der Waals surface area (Å²) in [6.45, 7) is 3.38. The van der Waals surface area contributed by atoms with Gasteiger partial charge in [0.2, 0.25) is 5.91 Å². The molecular formula is C20H12F4N4O. The van der Waals surface area contributed by atoms with Gasteiger partial charge in [0.05, 0.1) is 16.6 Å². The first-order valence-corrected chi connectivity index (χ1v) is 8.35. The lowest BCUT2D eigenvalue weighted by molar-refractivity contribution is -0.137. The van der Waals surface area contributed by atoms with E-state index in [0.29, 0.717) is 28.4 Å². The number of fused-ring (bicyclic) bond motifs is 3. The highest BCUT2D eigenvalue weighted by Crippen LogP contribution is 2.34. The number of carbonyl (C=O) groups is 1. The van der Waals surface area contributed by atoms with Crippen LogP contribution in [0.4, 0.5) is 23.2 Å². The normalized spacial score (nSPS) is 11.7. The topological polar surface area (TPSA) is 59.3 Å². The number of amides is 1. The van der Waals surface area contributed by atoms with Crippen LogP contribution in [0, 0.1) is 5.82 Å². The van der Waals surface area contributed by atoms with Gasteiger partial charge in [-0.3, -0.25) is 9.20 Å². The first-order chi connectivity index (χ1) is 13.8. The average molecular weight is 400 g/mol. The second-order valence-corrected chi connectivity index (χ2v) is 6.17. The Labute approximate surface area is 161 Å². The summed E-state index contributed by atoms with van der Waals surface area (Å²) in [6.07, 6.45) is -0.432. The summed E-state index contributed by atoms with van der Waals surface area (Å²) in [5.74, 6) is -1.48. The molecule has 0 aliphatic heterocycles. The summed E-state index contributed by atoms with van der Waals surface area (Å²) in [4.78, 5) is 20.1. The van der Waals surface area contributed by atoms with Crippen LogP contribution >= 0.6 is 0 Å². The fourth-order valence-corrected chi connectivity index (χ4v) is 3.00. The van der Waals surface area contributed by atoms with Crippen LogP contribution in [0.15, 0.2) is 61.4 Å². The van der Waals surface area contributed by atoms with Crippen LogP contribution in [0.5, 0.6) is 0 Å². The molecule has 1 N–H and O–H groups in total. The van der Waals surface area contributed by atoms with Crippen molar-refractivity contribution in [2.75, 3.05) is 5.32 Å². The molecule has 0 spiro atoms. The minimum atomic E-state index is -4.66. The zero-order valence-electron chi connectivity index (χ0n) is 14.7. The average Bonchev–Trinajstić information content (AvgIpc) is 3.16. The number of hydrogen-bond donors (Lipinski definition) is 1. The van der Waals surface area contributed by atoms with E-state index in [9.17, 15) is 22.4 Å². The first-order valence-electron chi connectivity index (χ1n) is 8.35. The van der Waals surface area contributed by atoms with Gasteiger partial charge in [-0.2, -0.15) is 13.2 Å². The second-order valence-electron chi connectivity index (χ2n) is 6.17. The molecule has 2 heterocycles. The van der Waals surface area contributed by atoms with Gasteiger partial charge >= 0.3 is 6.18 Å². The second kappa shape index (κ2) is 6.69. The number of nitrogens with one attached hydrogen (secondary N) is 1. The molecule has 0 fully saturated rings. The van der Waals surface area contributed by atoms with Crippen molar-refractivity contribution < 1.29 is 22.4 Å². The van der Waals surface area contributed by atoms with Crippen molar-refractivity contribution in [3.63, 3.8) is 0 Å². The summed E-state index contributed by atoms with van der Waals surface area (Å²) in [5.41, 5.74) is 0.634. The Morgan fingerprint density at radius 3 is 2.66 bits per heavy atom. The molecule has 0 aliphatic rings. The number of nitrogens with zero attached hydrogens (tertiary/aromatic N) is 3. The number of carbonyl (C=O) groups excluding carboxylic acids is 1. The summed E-state index contributed by atoms with van der Waals surface area (Å²) < 4.78 is 54.8. The molecule has 2 aromatic heterocycles. The predicted molar refractivity (Wildman–Crippen MR) is 99.7 cm³/mol. The summed E-state index contributed by atoms with van der Waals surface area (Å²) >= 11 is 0. The number of imidazole rings is 1. The lowest BCUT2D eigenvalue weighted by Gasteiger charge is -2.12. The van der Waals surface area contributed by atoms with Gasteiger partial charge in [0.25, 0.3) is 0 Å². The van der Waals surface area contributed by atoms with Crippen molar-refractivity contribution in [3.8, 4) is 11.3 Å². The van der Waals surface area contributed by atoms with E-state index >= 15 is 0 Å². The molecule has 0 aliphatic carbocycles. The molecule has 146 valence electrons. The third-order valence-electron chi connectivity index (χ3n) is 4.32. The highest BCUT2D eigenvalue weighted by molar-refractivity contribution is 6.00. The van der Waals surface area contributed by atoms with Gasteiger partial charge in [-0.05, 0) is 42.5 Å². The van der Waals surface area contributed by atoms with Crippen LogP contribution in [0.25, 0.3) is 27.9 Å². The van der Waals surface area contributed by atoms with Gasteiger partial charge in [-0.25, -0.2) is 14.4 Å². The Balaban J connectivity index is 1.92. The Morgan fingerprint density at radius 1 is 1.17 bits per heavy atom. The van der Waals surface area contributed by atoms with Crippen LogP contribution in [-0.2, 0) is 11.0 Å². The predicted octanol–water partition coefficient (Wildman–Crippen LogP) is 4.83. The number of benzene rings is 2. The SMILES string of the molecule is C=CC(=O)Nc1ccc2c(c1)nc(-c1ccc(C(F)(F)F)cc1F)c1nccn12. The molecule has 0 bridgehead atoms. The van der Waals surface area contributed by atoms with Gasteiger partial charge in [0, 0.05) is 23.6 Å². The van der Waals surface area contributed by atoms with Crippen LogP contribution in [-0.4, -0.2) is 20.3 Å². The van der Waals surface area contributed by atoms with Crippen molar-refractivity contribution in [1.82, 2.24) is 14.4 Å². The van der Waals surface area contributed by atoms with Crippen molar-refractivity contribution in [2.45, 2.75) is 6.18 Å². The molecule has 0 radical (unpaired) electrons. The van der Waals surface area contributed by atoms with Crippen LogP contribution < -0.4 is 5.32 Å². The van der Waals surface area contributed by atoms with Crippen LogP contribution in [0.2, 0.25) is 0 Å². The molecule has 0 unspecified atom stereocenters. The third kappa shape index (κ3) is 3.31. The lowest BCUT2D eigenvalue weighted by atomic mass is 10.1. The smallest absolute Gasteiger partial charge is 0.322 e. The standard InChI is InChI=1S/C20H12F4N4O/c1-2-17(29)26-12-4-6-16-15(10-12)27-18(19-25-7-8-28(16)19)13-5-3-11(9-14(13)21)20(22,23)24/h2-10H,1H2,(H,26,29). The molecule has 5 nitrogen and oxygen atoms in total. The van der Waals surface area contributed by atoms with Gasteiger partial charge in [0.1, 0.15) is 11.5 Å².